The van der Waals surface area contributed by atoms with Crippen LogP contribution in [0.3, 0.4) is 0 Å². The Morgan fingerprint density at radius 2 is 1.78 bits per heavy atom. The van der Waals surface area contributed by atoms with E-state index < -0.39 is 0 Å². The highest BCUT2D eigenvalue weighted by Gasteiger charge is 2.46. The van der Waals surface area contributed by atoms with Gasteiger partial charge in [-0.1, -0.05) is 18.2 Å². The van der Waals surface area contributed by atoms with Crippen molar-refractivity contribution < 1.29 is 13.9 Å². The third kappa shape index (κ3) is 6.11. The molecule has 3 aliphatic rings. The average molecular weight is 559 g/mol. The summed E-state index contributed by atoms with van der Waals surface area (Å²) in [5, 5.41) is 3.40. The summed E-state index contributed by atoms with van der Waals surface area (Å²) in [7, 11) is 0. The molecule has 1 aliphatic carbocycles. The number of nitrogens with zero attached hydrogens (tertiary/aromatic N) is 4. The van der Waals surface area contributed by atoms with Crippen LogP contribution in [0.4, 0.5) is 4.39 Å². The summed E-state index contributed by atoms with van der Waals surface area (Å²) in [5.74, 6) is 0.959. The van der Waals surface area contributed by atoms with Crippen molar-refractivity contribution in [2.24, 2.45) is 4.99 Å². The molecule has 0 spiro atoms. The fourth-order valence-electron chi connectivity index (χ4n) is 4.43. The van der Waals surface area contributed by atoms with Gasteiger partial charge in [0.1, 0.15) is 5.82 Å². The molecular formula is C23H35FIN5O2. The number of aliphatic imine (C=N–C) groups is 1. The molecular weight excluding hydrogens is 524 g/mol. The van der Waals surface area contributed by atoms with Gasteiger partial charge in [-0.05, 0) is 31.4 Å². The first-order chi connectivity index (χ1) is 15.1. The maximum Gasteiger partial charge on any atom is 0.236 e. The van der Waals surface area contributed by atoms with Gasteiger partial charge in [0.2, 0.25) is 5.91 Å². The molecule has 0 radical (unpaired) electrons. The monoisotopic (exact) mass is 559 g/mol. The van der Waals surface area contributed by atoms with E-state index in [1.54, 1.807) is 12.1 Å². The molecule has 178 valence electrons. The molecule has 1 N–H and O–H groups in total. The van der Waals surface area contributed by atoms with Gasteiger partial charge in [0.05, 0.1) is 26.3 Å². The average Bonchev–Trinajstić information content (AvgIpc) is 3.59. The Balaban J connectivity index is 0.00000289. The number of morpholine rings is 1. The molecule has 9 heteroatoms. The van der Waals surface area contributed by atoms with E-state index in [4.69, 9.17) is 9.73 Å². The van der Waals surface area contributed by atoms with Gasteiger partial charge in [-0.15, -0.1) is 24.0 Å². The first kappa shape index (κ1) is 25.2. The highest BCUT2D eigenvalue weighted by Crippen LogP contribution is 2.49. The van der Waals surface area contributed by atoms with Crippen LogP contribution in [0.1, 0.15) is 25.3 Å². The summed E-state index contributed by atoms with van der Waals surface area (Å²) in [6.07, 6.45) is 1.96. The van der Waals surface area contributed by atoms with Crippen LogP contribution in [0.5, 0.6) is 0 Å². The Morgan fingerprint density at radius 1 is 1.09 bits per heavy atom. The number of ether oxygens (including phenoxy) is 1. The summed E-state index contributed by atoms with van der Waals surface area (Å²) in [4.78, 5) is 23.8. The van der Waals surface area contributed by atoms with Gasteiger partial charge < -0.3 is 19.9 Å². The first-order valence-electron chi connectivity index (χ1n) is 11.5. The van der Waals surface area contributed by atoms with Gasteiger partial charge in [-0.2, -0.15) is 0 Å². The Hall–Kier alpha value is -1.46. The van der Waals surface area contributed by atoms with Gasteiger partial charge in [0, 0.05) is 51.2 Å². The first-order valence-corrected chi connectivity index (χ1v) is 11.5. The Morgan fingerprint density at radius 3 is 2.41 bits per heavy atom. The van der Waals surface area contributed by atoms with Crippen LogP contribution >= 0.6 is 24.0 Å². The predicted molar refractivity (Wildman–Crippen MR) is 134 cm³/mol. The van der Waals surface area contributed by atoms with Crippen molar-refractivity contribution in [3.63, 3.8) is 0 Å². The molecule has 32 heavy (non-hydrogen) atoms. The zero-order valence-electron chi connectivity index (χ0n) is 18.9. The van der Waals surface area contributed by atoms with Gasteiger partial charge in [-0.25, -0.2) is 4.39 Å². The molecule has 7 nitrogen and oxygen atoms in total. The SMILES string of the molecule is CCNC(=NCC1(c2ccccc2F)CC1)N1CCN(CC(=O)N2CCOCC2)CC1.I. The summed E-state index contributed by atoms with van der Waals surface area (Å²) >= 11 is 0. The molecule has 1 saturated carbocycles. The minimum atomic E-state index is -0.154. The van der Waals surface area contributed by atoms with Crippen LogP contribution in [0.15, 0.2) is 29.3 Å². The number of rotatable bonds is 6. The number of hydrogen-bond donors (Lipinski definition) is 1. The van der Waals surface area contributed by atoms with E-state index in [0.29, 0.717) is 39.4 Å². The Bertz CT molecular complexity index is 790. The molecule has 0 unspecified atom stereocenters. The van der Waals surface area contributed by atoms with Crippen molar-refractivity contribution in [1.29, 1.82) is 0 Å². The molecule has 1 aromatic rings. The van der Waals surface area contributed by atoms with E-state index in [9.17, 15) is 9.18 Å². The van der Waals surface area contributed by atoms with Crippen LogP contribution in [-0.2, 0) is 14.9 Å². The van der Waals surface area contributed by atoms with Gasteiger partial charge in [0.15, 0.2) is 5.96 Å². The number of carbonyl (C=O) groups excluding carboxylic acids is 1. The molecule has 2 saturated heterocycles. The molecule has 4 rings (SSSR count). The van der Waals surface area contributed by atoms with E-state index in [1.807, 2.05) is 17.0 Å². The quantitative estimate of drug-likeness (QED) is 0.328. The lowest BCUT2D eigenvalue weighted by Crippen LogP contribution is -2.55. The van der Waals surface area contributed by atoms with Crippen LogP contribution in [0.2, 0.25) is 0 Å². The number of guanidine groups is 1. The fourth-order valence-corrected chi connectivity index (χ4v) is 4.43. The van der Waals surface area contributed by atoms with Gasteiger partial charge >= 0.3 is 0 Å². The van der Waals surface area contributed by atoms with Crippen LogP contribution in [0, 0.1) is 5.82 Å². The van der Waals surface area contributed by atoms with Crippen molar-refractivity contribution in [2.45, 2.75) is 25.2 Å². The van der Waals surface area contributed by atoms with E-state index in [2.05, 4.69) is 22.0 Å². The number of hydrogen-bond acceptors (Lipinski definition) is 4. The summed E-state index contributed by atoms with van der Waals surface area (Å²) in [6, 6.07) is 7.09. The fraction of sp³-hybridized carbons (Fsp3) is 0.652. The van der Waals surface area contributed by atoms with Crippen molar-refractivity contribution in [2.75, 3.05) is 72.1 Å². The number of piperazine rings is 1. The maximum atomic E-state index is 14.3. The van der Waals surface area contributed by atoms with Gasteiger partial charge in [0.25, 0.3) is 0 Å². The Kier molecular flexibility index (Phi) is 9.13. The zero-order valence-corrected chi connectivity index (χ0v) is 21.2. The normalized spacial score (nSPS) is 21.1. The topological polar surface area (TPSA) is 60.4 Å². The van der Waals surface area contributed by atoms with Gasteiger partial charge in [-0.3, -0.25) is 14.7 Å². The second-order valence-corrected chi connectivity index (χ2v) is 8.69. The van der Waals surface area contributed by atoms with E-state index in [0.717, 1.165) is 57.1 Å². The van der Waals surface area contributed by atoms with E-state index >= 15 is 0 Å². The van der Waals surface area contributed by atoms with Crippen LogP contribution in [0.25, 0.3) is 0 Å². The summed E-state index contributed by atoms with van der Waals surface area (Å²) < 4.78 is 19.7. The minimum absolute atomic E-state index is 0. The lowest BCUT2D eigenvalue weighted by Gasteiger charge is -2.37. The molecule has 0 aromatic heterocycles. The number of halogens is 2. The van der Waals surface area contributed by atoms with Crippen molar-refractivity contribution in [3.05, 3.63) is 35.6 Å². The summed E-state index contributed by atoms with van der Waals surface area (Å²) in [6.45, 7) is 9.91. The molecule has 1 amide bonds. The standard InChI is InChI=1S/C23H34FN5O2.HI/c1-2-25-22(26-18-23(7-8-23)19-5-3-4-6-20(19)24)29-11-9-27(10-12-29)17-21(30)28-13-15-31-16-14-28;/h3-6H,2,7-18H2,1H3,(H,25,26);1H. The Labute approximate surface area is 207 Å². The lowest BCUT2D eigenvalue weighted by atomic mass is 9.95. The highest BCUT2D eigenvalue weighted by atomic mass is 127. The highest BCUT2D eigenvalue weighted by molar-refractivity contribution is 14.0. The molecule has 2 aliphatic heterocycles. The smallest absolute Gasteiger partial charge is 0.236 e. The number of nitrogens with one attached hydrogen (secondary N) is 1. The number of amides is 1. The van der Waals surface area contributed by atoms with Crippen molar-refractivity contribution in [1.82, 2.24) is 20.0 Å². The zero-order chi connectivity index (χ0) is 21.7. The second-order valence-electron chi connectivity index (χ2n) is 8.69. The molecule has 1 aromatic carbocycles. The minimum Gasteiger partial charge on any atom is -0.378 e. The lowest BCUT2D eigenvalue weighted by molar-refractivity contribution is -0.136. The molecule has 0 bridgehead atoms. The number of carbonyl (C=O) groups is 1. The molecule has 2 heterocycles. The summed E-state index contributed by atoms with van der Waals surface area (Å²) in [5.41, 5.74) is 0.638. The third-order valence-corrected chi connectivity index (χ3v) is 6.56. The van der Waals surface area contributed by atoms with Crippen molar-refractivity contribution in [3.8, 4) is 0 Å². The maximum absolute atomic E-state index is 14.3. The van der Waals surface area contributed by atoms with Crippen LogP contribution in [-0.4, -0.2) is 98.7 Å². The van der Waals surface area contributed by atoms with E-state index in [1.165, 1.54) is 0 Å². The molecule has 0 atom stereocenters. The second kappa shape index (κ2) is 11.6. The molecule has 3 fully saturated rings. The van der Waals surface area contributed by atoms with Crippen LogP contribution < -0.4 is 5.32 Å². The predicted octanol–water partition coefficient (Wildman–Crippen LogP) is 1.92. The van der Waals surface area contributed by atoms with Crippen molar-refractivity contribution >= 4 is 35.8 Å². The van der Waals surface area contributed by atoms with E-state index in [-0.39, 0.29) is 41.1 Å². The third-order valence-electron chi connectivity index (χ3n) is 6.56. The largest absolute Gasteiger partial charge is 0.378 e. The number of benzene rings is 1.